The maximum absolute atomic E-state index is 11.9. The molecule has 2 rings (SSSR count). The van der Waals surface area contributed by atoms with E-state index in [0.717, 1.165) is 26.1 Å². The Hall–Kier alpha value is -1.55. The number of carbonyl (C=O) groups excluding carboxylic acids is 1. The lowest BCUT2D eigenvalue weighted by atomic mass is 10.1. The van der Waals surface area contributed by atoms with E-state index in [-0.39, 0.29) is 5.91 Å². The van der Waals surface area contributed by atoms with Gasteiger partial charge in [-0.2, -0.15) is 0 Å². The standard InChI is InChI=1S/C17H27N3O/c1-3-20(16-8-4-6-14(2)12-16)11-10-19-17(21)13-15-7-5-9-18-15/h4,6,8,12,15,18H,3,5,7,9-11,13H2,1-2H3,(H,19,21). The number of rotatable bonds is 7. The van der Waals surface area contributed by atoms with Crippen molar-refractivity contribution in [3.05, 3.63) is 29.8 Å². The summed E-state index contributed by atoms with van der Waals surface area (Å²) in [6.45, 7) is 7.80. The van der Waals surface area contributed by atoms with Crippen LogP contribution >= 0.6 is 0 Å². The lowest BCUT2D eigenvalue weighted by Crippen LogP contribution is -2.37. The van der Waals surface area contributed by atoms with Crippen LogP contribution in [0.4, 0.5) is 5.69 Å². The Balaban J connectivity index is 1.74. The first-order chi connectivity index (χ1) is 10.2. The van der Waals surface area contributed by atoms with Crippen molar-refractivity contribution in [3.63, 3.8) is 0 Å². The first kappa shape index (κ1) is 15.8. The SMILES string of the molecule is CCN(CCNC(=O)CC1CCCN1)c1cccc(C)c1. The van der Waals surface area contributed by atoms with Crippen LogP contribution in [-0.2, 0) is 4.79 Å². The number of hydrogen-bond acceptors (Lipinski definition) is 3. The zero-order valence-electron chi connectivity index (χ0n) is 13.2. The van der Waals surface area contributed by atoms with Crippen LogP contribution < -0.4 is 15.5 Å². The molecule has 1 fully saturated rings. The molecule has 0 saturated carbocycles. The highest BCUT2D eigenvalue weighted by atomic mass is 16.1. The fourth-order valence-corrected chi connectivity index (χ4v) is 2.85. The normalized spacial score (nSPS) is 17.7. The molecule has 4 nitrogen and oxygen atoms in total. The Bertz CT molecular complexity index is 455. The minimum absolute atomic E-state index is 0.162. The van der Waals surface area contributed by atoms with Gasteiger partial charge in [-0.25, -0.2) is 0 Å². The highest BCUT2D eigenvalue weighted by molar-refractivity contribution is 5.76. The van der Waals surface area contributed by atoms with E-state index < -0.39 is 0 Å². The van der Waals surface area contributed by atoms with E-state index in [4.69, 9.17) is 0 Å². The van der Waals surface area contributed by atoms with Crippen molar-refractivity contribution in [2.45, 2.75) is 39.2 Å². The van der Waals surface area contributed by atoms with Crippen LogP contribution in [0.1, 0.15) is 31.7 Å². The summed E-state index contributed by atoms with van der Waals surface area (Å²) >= 11 is 0. The predicted octanol–water partition coefficient (Wildman–Crippen LogP) is 2.08. The van der Waals surface area contributed by atoms with E-state index >= 15 is 0 Å². The van der Waals surface area contributed by atoms with E-state index in [1.165, 1.54) is 17.7 Å². The largest absolute Gasteiger partial charge is 0.370 e. The van der Waals surface area contributed by atoms with Crippen LogP contribution in [0.5, 0.6) is 0 Å². The van der Waals surface area contributed by atoms with Gasteiger partial charge >= 0.3 is 0 Å². The molecule has 1 aliphatic rings. The van der Waals surface area contributed by atoms with Crippen LogP contribution in [0.25, 0.3) is 0 Å². The second kappa shape index (κ2) is 8.03. The average Bonchev–Trinajstić information content (AvgIpc) is 2.96. The third-order valence-corrected chi connectivity index (χ3v) is 4.05. The summed E-state index contributed by atoms with van der Waals surface area (Å²) in [6.07, 6.45) is 2.92. The van der Waals surface area contributed by atoms with E-state index in [0.29, 0.717) is 19.0 Å². The summed E-state index contributed by atoms with van der Waals surface area (Å²) in [5.74, 6) is 0.162. The molecule has 1 aromatic carbocycles. The third-order valence-electron chi connectivity index (χ3n) is 4.05. The second-order valence-corrected chi connectivity index (χ2v) is 5.77. The van der Waals surface area contributed by atoms with Crippen LogP contribution in [0, 0.1) is 6.92 Å². The number of nitrogens with zero attached hydrogens (tertiary/aromatic N) is 1. The molecular formula is C17H27N3O. The molecular weight excluding hydrogens is 262 g/mol. The van der Waals surface area contributed by atoms with Gasteiger partial charge in [0.25, 0.3) is 0 Å². The molecule has 0 aliphatic carbocycles. The van der Waals surface area contributed by atoms with Gasteiger partial charge in [0.2, 0.25) is 5.91 Å². The molecule has 0 bridgehead atoms. The monoisotopic (exact) mass is 289 g/mol. The number of benzene rings is 1. The molecule has 1 unspecified atom stereocenters. The Morgan fingerprint density at radius 2 is 2.33 bits per heavy atom. The number of aryl methyl sites for hydroxylation is 1. The second-order valence-electron chi connectivity index (χ2n) is 5.77. The predicted molar refractivity (Wildman–Crippen MR) is 87.7 cm³/mol. The van der Waals surface area contributed by atoms with Gasteiger partial charge in [-0.05, 0) is 50.9 Å². The van der Waals surface area contributed by atoms with Gasteiger partial charge in [0, 0.05) is 37.8 Å². The van der Waals surface area contributed by atoms with Gasteiger partial charge in [-0.1, -0.05) is 12.1 Å². The number of likely N-dealkylation sites (N-methyl/N-ethyl adjacent to an activating group) is 1. The van der Waals surface area contributed by atoms with Crippen LogP contribution in [0.3, 0.4) is 0 Å². The van der Waals surface area contributed by atoms with Crippen molar-refractivity contribution in [3.8, 4) is 0 Å². The lowest BCUT2D eigenvalue weighted by Gasteiger charge is -2.23. The molecule has 116 valence electrons. The van der Waals surface area contributed by atoms with Crippen molar-refractivity contribution >= 4 is 11.6 Å². The van der Waals surface area contributed by atoms with Gasteiger partial charge in [0.05, 0.1) is 0 Å². The zero-order chi connectivity index (χ0) is 15.1. The van der Waals surface area contributed by atoms with Crippen molar-refractivity contribution in [2.24, 2.45) is 0 Å². The van der Waals surface area contributed by atoms with E-state index in [1.54, 1.807) is 0 Å². The number of carbonyl (C=O) groups is 1. The van der Waals surface area contributed by atoms with Crippen molar-refractivity contribution < 1.29 is 4.79 Å². The quantitative estimate of drug-likeness (QED) is 0.808. The molecule has 1 heterocycles. The fourth-order valence-electron chi connectivity index (χ4n) is 2.85. The summed E-state index contributed by atoms with van der Waals surface area (Å²) < 4.78 is 0. The summed E-state index contributed by atoms with van der Waals surface area (Å²) in [4.78, 5) is 14.2. The Kier molecular flexibility index (Phi) is 6.05. The average molecular weight is 289 g/mol. The van der Waals surface area contributed by atoms with E-state index in [2.05, 4.69) is 53.6 Å². The Morgan fingerprint density at radius 3 is 3.00 bits per heavy atom. The van der Waals surface area contributed by atoms with Gasteiger partial charge < -0.3 is 15.5 Å². The minimum atomic E-state index is 0.162. The summed E-state index contributed by atoms with van der Waals surface area (Å²) in [5, 5.41) is 6.40. The first-order valence-electron chi connectivity index (χ1n) is 8.00. The molecule has 1 aromatic rings. The molecule has 1 saturated heterocycles. The smallest absolute Gasteiger partial charge is 0.221 e. The molecule has 21 heavy (non-hydrogen) atoms. The maximum atomic E-state index is 11.9. The van der Waals surface area contributed by atoms with E-state index in [1.807, 2.05) is 0 Å². The van der Waals surface area contributed by atoms with Crippen molar-refractivity contribution in [1.82, 2.24) is 10.6 Å². The van der Waals surface area contributed by atoms with E-state index in [9.17, 15) is 4.79 Å². The highest BCUT2D eigenvalue weighted by Gasteiger charge is 2.17. The van der Waals surface area contributed by atoms with Crippen LogP contribution in [-0.4, -0.2) is 38.1 Å². The maximum Gasteiger partial charge on any atom is 0.221 e. The topological polar surface area (TPSA) is 44.4 Å². The summed E-state index contributed by atoms with van der Waals surface area (Å²) in [6, 6.07) is 8.88. The van der Waals surface area contributed by atoms with Gasteiger partial charge in [0.1, 0.15) is 0 Å². The third kappa shape index (κ3) is 5.05. The Morgan fingerprint density at radius 1 is 1.48 bits per heavy atom. The van der Waals surface area contributed by atoms with Crippen molar-refractivity contribution in [1.29, 1.82) is 0 Å². The molecule has 1 amide bonds. The van der Waals surface area contributed by atoms with Gasteiger partial charge in [0.15, 0.2) is 0 Å². The number of anilines is 1. The molecule has 0 aromatic heterocycles. The molecule has 2 N–H and O–H groups in total. The summed E-state index contributed by atoms with van der Waals surface area (Å²) in [7, 11) is 0. The molecule has 4 heteroatoms. The highest BCUT2D eigenvalue weighted by Crippen LogP contribution is 2.15. The molecule has 1 aliphatic heterocycles. The molecule has 1 atom stereocenters. The summed E-state index contributed by atoms with van der Waals surface area (Å²) in [5.41, 5.74) is 2.49. The molecule has 0 radical (unpaired) electrons. The fraction of sp³-hybridized carbons (Fsp3) is 0.588. The van der Waals surface area contributed by atoms with Crippen molar-refractivity contribution in [2.75, 3.05) is 31.1 Å². The molecule has 0 spiro atoms. The first-order valence-corrected chi connectivity index (χ1v) is 8.00. The van der Waals surface area contributed by atoms with Crippen LogP contribution in [0.15, 0.2) is 24.3 Å². The van der Waals surface area contributed by atoms with Gasteiger partial charge in [-0.3, -0.25) is 4.79 Å². The lowest BCUT2D eigenvalue weighted by molar-refractivity contribution is -0.121. The number of amides is 1. The number of hydrogen-bond donors (Lipinski definition) is 2. The number of nitrogens with one attached hydrogen (secondary N) is 2. The zero-order valence-corrected chi connectivity index (χ0v) is 13.2. The van der Waals surface area contributed by atoms with Gasteiger partial charge in [-0.15, -0.1) is 0 Å². The minimum Gasteiger partial charge on any atom is -0.370 e. The van der Waals surface area contributed by atoms with Crippen LogP contribution in [0.2, 0.25) is 0 Å². The Labute approximate surface area is 127 Å².